The minimum absolute atomic E-state index is 0.0739. The van der Waals surface area contributed by atoms with Crippen LogP contribution in [-0.2, 0) is 15.7 Å². The van der Waals surface area contributed by atoms with Gasteiger partial charge in [-0.05, 0) is 35.7 Å². The molecule has 0 amide bonds. The van der Waals surface area contributed by atoms with Gasteiger partial charge in [0.25, 0.3) is 0 Å². The predicted octanol–water partition coefficient (Wildman–Crippen LogP) is 5.60. The molecule has 0 spiro atoms. The standard InChI is InChI=1S/C16H17ClF7NO3S/c1-9(2)8-28-13-7-10(11-4-3-5-27-11)6-12(14(18,19)20)25(13)29(26)16(23,24)15(17,21)22/h3-6,9-10,13H,7-8H2,1-2H3/t10-,13-,29-/m0/s1. The molecule has 3 atom stereocenters. The summed E-state index contributed by atoms with van der Waals surface area (Å²) in [6.07, 6.45) is -5.84. The van der Waals surface area contributed by atoms with Gasteiger partial charge in [-0.15, -0.1) is 0 Å². The highest BCUT2D eigenvalue weighted by molar-refractivity contribution is 7.84. The summed E-state index contributed by atoms with van der Waals surface area (Å²) >= 11 is 4.33. The number of hydrogen-bond donors (Lipinski definition) is 0. The first kappa shape index (κ1) is 24.0. The Hall–Kier alpha value is -1.27. The van der Waals surface area contributed by atoms with Gasteiger partial charge in [-0.25, -0.2) is 4.21 Å². The fourth-order valence-electron chi connectivity index (χ4n) is 2.58. The predicted molar refractivity (Wildman–Crippen MR) is 90.5 cm³/mol. The molecule has 1 aliphatic rings. The molecule has 0 saturated carbocycles. The molecule has 1 aromatic heterocycles. The van der Waals surface area contributed by atoms with Crippen LogP contribution >= 0.6 is 11.6 Å². The van der Waals surface area contributed by atoms with Crippen LogP contribution in [0.15, 0.2) is 34.6 Å². The lowest BCUT2D eigenvalue weighted by atomic mass is 9.96. The van der Waals surface area contributed by atoms with Crippen molar-refractivity contribution in [2.75, 3.05) is 6.61 Å². The van der Waals surface area contributed by atoms with E-state index in [1.165, 1.54) is 18.4 Å². The molecule has 0 N–H and O–H groups in total. The molecule has 29 heavy (non-hydrogen) atoms. The normalized spacial score (nSPS) is 22.7. The van der Waals surface area contributed by atoms with Crippen LogP contribution in [0, 0.1) is 5.92 Å². The van der Waals surface area contributed by atoms with E-state index >= 15 is 0 Å². The summed E-state index contributed by atoms with van der Waals surface area (Å²) in [6, 6.07) is 2.77. The minimum Gasteiger partial charge on any atom is -0.469 e. The number of hydrogen-bond acceptors (Lipinski definition) is 3. The second-order valence-corrected chi connectivity index (χ2v) is 8.56. The van der Waals surface area contributed by atoms with Crippen LogP contribution in [0.25, 0.3) is 0 Å². The molecule has 0 aromatic carbocycles. The van der Waals surface area contributed by atoms with E-state index in [4.69, 9.17) is 9.15 Å². The van der Waals surface area contributed by atoms with Crippen LogP contribution in [0.5, 0.6) is 0 Å². The van der Waals surface area contributed by atoms with Gasteiger partial charge in [0.2, 0.25) is 11.0 Å². The lowest BCUT2D eigenvalue weighted by Gasteiger charge is -2.41. The van der Waals surface area contributed by atoms with E-state index in [1.54, 1.807) is 13.8 Å². The van der Waals surface area contributed by atoms with E-state index in [9.17, 15) is 34.9 Å². The first-order valence-electron chi connectivity index (χ1n) is 8.26. The third-order valence-corrected chi connectivity index (χ3v) is 5.70. The monoisotopic (exact) mass is 471 g/mol. The summed E-state index contributed by atoms with van der Waals surface area (Å²) in [6.45, 7) is 3.07. The third kappa shape index (κ3) is 5.26. The number of furan rings is 1. The van der Waals surface area contributed by atoms with Gasteiger partial charge in [0.1, 0.15) is 17.7 Å². The van der Waals surface area contributed by atoms with Gasteiger partial charge >= 0.3 is 16.8 Å². The smallest absolute Gasteiger partial charge is 0.431 e. The Morgan fingerprint density at radius 2 is 1.90 bits per heavy atom. The minimum atomic E-state index is -5.49. The number of nitrogens with zero attached hydrogens (tertiary/aromatic N) is 1. The van der Waals surface area contributed by atoms with Crippen molar-refractivity contribution in [1.82, 2.24) is 4.31 Å². The molecule has 13 heteroatoms. The van der Waals surface area contributed by atoms with E-state index in [-0.39, 0.29) is 22.6 Å². The topological polar surface area (TPSA) is 42.7 Å². The molecule has 166 valence electrons. The molecule has 0 bridgehead atoms. The largest absolute Gasteiger partial charge is 0.469 e. The van der Waals surface area contributed by atoms with Crippen LogP contribution in [0.3, 0.4) is 0 Å². The number of halogens is 8. The first-order chi connectivity index (χ1) is 13.2. The van der Waals surface area contributed by atoms with Gasteiger partial charge in [-0.1, -0.05) is 13.8 Å². The van der Waals surface area contributed by atoms with E-state index in [0.29, 0.717) is 6.08 Å². The maximum absolute atomic E-state index is 13.9. The highest BCUT2D eigenvalue weighted by Crippen LogP contribution is 2.47. The van der Waals surface area contributed by atoms with Crippen LogP contribution in [0.2, 0.25) is 0 Å². The molecule has 0 unspecified atom stereocenters. The van der Waals surface area contributed by atoms with Gasteiger partial charge in [0.05, 0.1) is 12.9 Å². The Morgan fingerprint density at radius 3 is 2.34 bits per heavy atom. The average molecular weight is 472 g/mol. The number of alkyl halides is 8. The molecule has 4 nitrogen and oxygen atoms in total. The Balaban J connectivity index is 2.56. The van der Waals surface area contributed by atoms with Crippen molar-refractivity contribution in [1.29, 1.82) is 0 Å². The second-order valence-electron chi connectivity index (χ2n) is 6.68. The van der Waals surface area contributed by atoms with E-state index < -0.39 is 52.1 Å². The maximum atomic E-state index is 13.9. The van der Waals surface area contributed by atoms with Gasteiger partial charge in [0, 0.05) is 12.3 Å². The summed E-state index contributed by atoms with van der Waals surface area (Å²) in [5.41, 5.74) is -1.81. The van der Waals surface area contributed by atoms with E-state index in [1.807, 2.05) is 0 Å². The SMILES string of the molecule is CC(C)CO[C@H]1C[C@@H](c2ccco2)C=C(C(F)(F)F)N1[S@@](=O)C(F)(F)C(F)(F)Cl. The number of allylic oxidation sites excluding steroid dienone is 2. The molecule has 0 radical (unpaired) electrons. The van der Waals surface area contributed by atoms with Crippen molar-refractivity contribution < 1.29 is 44.1 Å². The highest BCUT2D eigenvalue weighted by Gasteiger charge is 2.64. The molecule has 1 aromatic rings. The number of ether oxygens (including phenoxy) is 1. The van der Waals surface area contributed by atoms with Crippen molar-refractivity contribution in [2.24, 2.45) is 5.92 Å². The molecular weight excluding hydrogens is 455 g/mol. The fraction of sp³-hybridized carbons (Fsp3) is 0.625. The Bertz CT molecular complexity index is 747. The maximum Gasteiger partial charge on any atom is 0.431 e. The lowest BCUT2D eigenvalue weighted by molar-refractivity contribution is -0.134. The average Bonchev–Trinajstić information content (AvgIpc) is 3.11. The molecule has 2 rings (SSSR count). The van der Waals surface area contributed by atoms with Crippen molar-refractivity contribution in [3.05, 3.63) is 35.9 Å². The Kier molecular flexibility index (Phi) is 7.00. The first-order valence-corrected chi connectivity index (χ1v) is 9.74. The van der Waals surface area contributed by atoms with Crippen molar-refractivity contribution in [2.45, 2.75) is 49.2 Å². The third-order valence-electron chi connectivity index (χ3n) is 3.86. The van der Waals surface area contributed by atoms with Crippen LogP contribution in [0.1, 0.15) is 31.9 Å². The van der Waals surface area contributed by atoms with Crippen LogP contribution in [0.4, 0.5) is 30.7 Å². The summed E-state index contributed by atoms with van der Waals surface area (Å²) in [5, 5.41) is -10.8. The Labute approximate surface area is 169 Å². The number of rotatable bonds is 7. The zero-order chi connectivity index (χ0) is 22.2. The van der Waals surface area contributed by atoms with E-state index in [0.717, 1.165) is 0 Å². The molecule has 2 heterocycles. The van der Waals surface area contributed by atoms with Crippen LogP contribution in [-0.4, -0.2) is 38.2 Å². The van der Waals surface area contributed by atoms with Crippen molar-refractivity contribution >= 4 is 22.6 Å². The van der Waals surface area contributed by atoms with Crippen LogP contribution < -0.4 is 0 Å². The van der Waals surface area contributed by atoms with Crippen molar-refractivity contribution in [3.63, 3.8) is 0 Å². The summed E-state index contributed by atoms with van der Waals surface area (Å²) in [4.78, 5) is 0. The quantitative estimate of drug-likeness (QED) is 0.384. The molecule has 0 fully saturated rings. The molecule has 0 saturated heterocycles. The van der Waals surface area contributed by atoms with Gasteiger partial charge in [-0.3, -0.25) is 4.31 Å². The summed E-state index contributed by atoms with van der Waals surface area (Å²) in [5.74, 6) is -1.23. The van der Waals surface area contributed by atoms with Gasteiger partial charge in [-0.2, -0.15) is 30.7 Å². The summed E-state index contributed by atoms with van der Waals surface area (Å²) < 4.78 is 117. The highest BCUT2D eigenvalue weighted by atomic mass is 35.5. The fourth-order valence-corrected chi connectivity index (χ4v) is 3.92. The zero-order valence-electron chi connectivity index (χ0n) is 15.1. The van der Waals surface area contributed by atoms with Crippen molar-refractivity contribution in [3.8, 4) is 0 Å². The lowest BCUT2D eigenvalue weighted by Crippen LogP contribution is -2.54. The molecule has 0 aliphatic carbocycles. The zero-order valence-corrected chi connectivity index (χ0v) is 16.6. The second kappa shape index (κ2) is 8.46. The van der Waals surface area contributed by atoms with E-state index in [2.05, 4.69) is 11.6 Å². The molecule has 1 aliphatic heterocycles. The van der Waals surface area contributed by atoms with Gasteiger partial charge in [0.15, 0.2) is 0 Å². The summed E-state index contributed by atoms with van der Waals surface area (Å²) in [7, 11) is -4.20. The van der Waals surface area contributed by atoms with Gasteiger partial charge < -0.3 is 9.15 Å². The Morgan fingerprint density at radius 1 is 1.28 bits per heavy atom. The molecular formula is C16H17ClF7NO3S.